The lowest BCUT2D eigenvalue weighted by Crippen LogP contribution is -2.29. The summed E-state index contributed by atoms with van der Waals surface area (Å²) in [4.78, 5) is 0. The molecule has 0 saturated heterocycles. The smallest absolute Gasteiger partial charge is 0.160 e. The summed E-state index contributed by atoms with van der Waals surface area (Å²) in [5.74, 6) is 1.48. The zero-order valence-electron chi connectivity index (χ0n) is 10.4. The number of aromatic nitrogens is 2. The van der Waals surface area contributed by atoms with Gasteiger partial charge >= 0.3 is 0 Å². The van der Waals surface area contributed by atoms with Gasteiger partial charge in [-0.15, -0.1) is 0 Å². The first-order valence-electron chi connectivity index (χ1n) is 6.08. The van der Waals surface area contributed by atoms with Crippen molar-refractivity contribution in [2.45, 2.75) is 44.7 Å². The van der Waals surface area contributed by atoms with E-state index in [2.05, 4.69) is 22.0 Å². The molecule has 2 rings (SSSR count). The first kappa shape index (κ1) is 11.5. The number of nitrogens with one attached hydrogen (secondary N) is 1. The zero-order valence-corrected chi connectivity index (χ0v) is 10.4. The standard InChI is InChI=1S/C12H21N3O/c1-4-15-12(11(16-3)8-14-15)9-6-5-7-10(9)13-2/h8-10,13H,4-7H2,1-3H3. The largest absolute Gasteiger partial charge is 0.493 e. The van der Waals surface area contributed by atoms with Crippen LogP contribution in [0.5, 0.6) is 5.75 Å². The van der Waals surface area contributed by atoms with Gasteiger partial charge in [-0.25, -0.2) is 0 Å². The first-order valence-corrected chi connectivity index (χ1v) is 6.08. The fraction of sp³-hybridized carbons (Fsp3) is 0.750. The predicted molar refractivity (Wildman–Crippen MR) is 63.9 cm³/mol. The Kier molecular flexibility index (Phi) is 3.49. The van der Waals surface area contributed by atoms with Crippen LogP contribution < -0.4 is 10.1 Å². The number of rotatable bonds is 4. The summed E-state index contributed by atoms with van der Waals surface area (Å²) < 4.78 is 7.49. The van der Waals surface area contributed by atoms with E-state index in [1.807, 2.05) is 13.2 Å². The molecule has 4 nitrogen and oxygen atoms in total. The second-order valence-electron chi connectivity index (χ2n) is 4.35. The van der Waals surface area contributed by atoms with Gasteiger partial charge < -0.3 is 10.1 Å². The van der Waals surface area contributed by atoms with Crippen LogP contribution in [0.25, 0.3) is 0 Å². The van der Waals surface area contributed by atoms with Crippen LogP contribution in [0.3, 0.4) is 0 Å². The molecule has 1 aromatic heterocycles. The molecule has 90 valence electrons. The summed E-state index contributed by atoms with van der Waals surface area (Å²) in [6.07, 6.45) is 5.60. The maximum Gasteiger partial charge on any atom is 0.160 e. The van der Waals surface area contributed by atoms with Crippen molar-refractivity contribution in [3.05, 3.63) is 11.9 Å². The van der Waals surface area contributed by atoms with Gasteiger partial charge in [-0.1, -0.05) is 6.42 Å². The number of hydrogen-bond donors (Lipinski definition) is 1. The van der Waals surface area contributed by atoms with Gasteiger partial charge in [0.25, 0.3) is 0 Å². The molecule has 0 aromatic carbocycles. The molecule has 1 fully saturated rings. The molecule has 0 amide bonds. The SMILES string of the molecule is CCn1ncc(OC)c1C1CCCC1NC. The first-order chi connectivity index (χ1) is 7.81. The van der Waals surface area contributed by atoms with E-state index >= 15 is 0 Å². The summed E-state index contributed by atoms with van der Waals surface area (Å²) in [7, 11) is 3.77. The second kappa shape index (κ2) is 4.87. The van der Waals surface area contributed by atoms with Crippen LogP contribution in [-0.4, -0.2) is 30.0 Å². The van der Waals surface area contributed by atoms with Crippen molar-refractivity contribution in [3.8, 4) is 5.75 Å². The number of hydrogen-bond acceptors (Lipinski definition) is 3. The molecule has 1 saturated carbocycles. The van der Waals surface area contributed by atoms with E-state index in [1.54, 1.807) is 7.11 Å². The summed E-state index contributed by atoms with van der Waals surface area (Å²) in [5, 5.41) is 7.79. The molecule has 1 N–H and O–H groups in total. The van der Waals surface area contributed by atoms with Gasteiger partial charge in [0, 0.05) is 18.5 Å². The van der Waals surface area contributed by atoms with Gasteiger partial charge in [0.2, 0.25) is 0 Å². The van der Waals surface area contributed by atoms with Crippen molar-refractivity contribution in [2.75, 3.05) is 14.2 Å². The van der Waals surface area contributed by atoms with Gasteiger partial charge in [-0.2, -0.15) is 5.10 Å². The van der Waals surface area contributed by atoms with E-state index in [-0.39, 0.29) is 0 Å². The highest BCUT2D eigenvalue weighted by molar-refractivity contribution is 5.30. The van der Waals surface area contributed by atoms with E-state index in [0.717, 1.165) is 12.3 Å². The zero-order chi connectivity index (χ0) is 11.5. The molecule has 1 aliphatic rings. The quantitative estimate of drug-likeness (QED) is 0.845. The Balaban J connectivity index is 2.33. The van der Waals surface area contributed by atoms with Gasteiger partial charge in [0.15, 0.2) is 5.75 Å². The summed E-state index contributed by atoms with van der Waals surface area (Å²) in [6, 6.07) is 0.566. The van der Waals surface area contributed by atoms with E-state index in [1.165, 1.54) is 25.0 Å². The molecule has 0 bridgehead atoms. The third-order valence-electron chi connectivity index (χ3n) is 3.60. The molecular formula is C12H21N3O. The highest BCUT2D eigenvalue weighted by Gasteiger charge is 2.32. The van der Waals surface area contributed by atoms with Crippen LogP contribution in [0.2, 0.25) is 0 Å². The summed E-state index contributed by atoms with van der Waals surface area (Å²) in [5.41, 5.74) is 1.27. The highest BCUT2D eigenvalue weighted by Crippen LogP contribution is 2.38. The third kappa shape index (κ3) is 1.82. The van der Waals surface area contributed by atoms with Crippen LogP contribution in [0.4, 0.5) is 0 Å². The predicted octanol–water partition coefficient (Wildman–Crippen LogP) is 1.77. The number of aryl methyl sites for hydroxylation is 1. The topological polar surface area (TPSA) is 39.1 Å². The van der Waals surface area contributed by atoms with Gasteiger partial charge in [-0.3, -0.25) is 4.68 Å². The third-order valence-corrected chi connectivity index (χ3v) is 3.60. The Morgan fingerprint density at radius 3 is 3.00 bits per heavy atom. The maximum atomic E-state index is 5.42. The highest BCUT2D eigenvalue weighted by atomic mass is 16.5. The monoisotopic (exact) mass is 223 g/mol. The Bertz CT molecular complexity index is 327. The summed E-state index contributed by atoms with van der Waals surface area (Å²) in [6.45, 7) is 3.03. The molecule has 0 aliphatic heterocycles. The number of likely N-dealkylation sites (N-methyl/N-ethyl adjacent to an activating group) is 1. The van der Waals surface area contributed by atoms with Gasteiger partial charge in [0.05, 0.1) is 19.0 Å². The Labute approximate surface area is 97.0 Å². The van der Waals surface area contributed by atoms with E-state index in [4.69, 9.17) is 4.74 Å². The lowest BCUT2D eigenvalue weighted by Gasteiger charge is -2.21. The number of ether oxygens (including phenoxy) is 1. The van der Waals surface area contributed by atoms with Crippen LogP contribution in [0.1, 0.15) is 37.8 Å². The van der Waals surface area contributed by atoms with Crippen molar-refractivity contribution in [3.63, 3.8) is 0 Å². The minimum absolute atomic E-state index is 0.544. The van der Waals surface area contributed by atoms with Gasteiger partial charge in [-0.05, 0) is 26.8 Å². The molecule has 2 atom stereocenters. The summed E-state index contributed by atoms with van der Waals surface area (Å²) >= 11 is 0. The lowest BCUT2D eigenvalue weighted by atomic mass is 9.99. The van der Waals surface area contributed by atoms with E-state index in [9.17, 15) is 0 Å². The number of methoxy groups -OCH3 is 1. The van der Waals surface area contributed by atoms with Crippen molar-refractivity contribution < 1.29 is 4.74 Å². The molecule has 1 heterocycles. The molecule has 4 heteroatoms. The van der Waals surface area contributed by atoms with E-state index < -0.39 is 0 Å². The average molecular weight is 223 g/mol. The normalized spacial score (nSPS) is 24.9. The molecule has 0 spiro atoms. The lowest BCUT2D eigenvalue weighted by molar-refractivity contribution is 0.392. The van der Waals surface area contributed by atoms with Gasteiger partial charge in [0.1, 0.15) is 0 Å². The molecule has 16 heavy (non-hydrogen) atoms. The van der Waals surface area contributed by atoms with Crippen LogP contribution >= 0.6 is 0 Å². The minimum atomic E-state index is 0.544. The minimum Gasteiger partial charge on any atom is -0.493 e. The fourth-order valence-corrected chi connectivity index (χ4v) is 2.79. The van der Waals surface area contributed by atoms with Crippen LogP contribution in [-0.2, 0) is 6.54 Å². The molecular weight excluding hydrogens is 202 g/mol. The van der Waals surface area contributed by atoms with Crippen LogP contribution in [0, 0.1) is 0 Å². The van der Waals surface area contributed by atoms with Crippen molar-refractivity contribution in [1.29, 1.82) is 0 Å². The van der Waals surface area contributed by atoms with Crippen LogP contribution in [0.15, 0.2) is 6.20 Å². The Hall–Kier alpha value is -1.03. The molecule has 2 unspecified atom stereocenters. The molecule has 0 radical (unpaired) electrons. The second-order valence-corrected chi connectivity index (χ2v) is 4.35. The maximum absolute atomic E-state index is 5.42. The molecule has 1 aliphatic carbocycles. The average Bonchev–Trinajstić information content (AvgIpc) is 2.93. The Morgan fingerprint density at radius 2 is 2.38 bits per heavy atom. The number of nitrogens with zero attached hydrogens (tertiary/aromatic N) is 2. The van der Waals surface area contributed by atoms with Crippen molar-refractivity contribution in [1.82, 2.24) is 15.1 Å². The Morgan fingerprint density at radius 1 is 1.56 bits per heavy atom. The molecule has 1 aromatic rings. The van der Waals surface area contributed by atoms with Crippen molar-refractivity contribution in [2.24, 2.45) is 0 Å². The fourth-order valence-electron chi connectivity index (χ4n) is 2.79. The van der Waals surface area contributed by atoms with E-state index in [0.29, 0.717) is 12.0 Å². The van der Waals surface area contributed by atoms with Crippen molar-refractivity contribution >= 4 is 0 Å².